The number of hydrogen-bond donors (Lipinski definition) is 0. The summed E-state index contributed by atoms with van der Waals surface area (Å²) in [6.45, 7) is 5.06. The molecule has 7 heteroatoms. The molecule has 5 rings (SSSR count). The fourth-order valence-electron chi connectivity index (χ4n) is 3.58. The Morgan fingerprint density at radius 3 is 2.55 bits per heavy atom. The number of terminal acetylenes is 1. The van der Waals surface area contributed by atoms with Gasteiger partial charge in [0.1, 0.15) is 5.82 Å². The quantitative estimate of drug-likeness (QED) is 0.503. The first-order valence-electron chi connectivity index (χ1n) is 9.74. The molecule has 0 amide bonds. The Morgan fingerprint density at radius 2 is 1.79 bits per heavy atom. The van der Waals surface area contributed by atoms with E-state index < -0.39 is 0 Å². The Labute approximate surface area is 170 Å². The lowest BCUT2D eigenvalue weighted by Gasteiger charge is -2.17. The van der Waals surface area contributed by atoms with E-state index in [0.717, 1.165) is 53.4 Å². The SMILES string of the molecule is C#C.CCn1cc(-c2cc3c(cn2)cnn3-c2cccc(N3CCCC3)n2)cn1. The average molecular weight is 385 g/mol. The molecule has 5 heterocycles. The van der Waals surface area contributed by atoms with Gasteiger partial charge >= 0.3 is 0 Å². The van der Waals surface area contributed by atoms with Gasteiger partial charge in [-0.15, -0.1) is 12.8 Å². The first-order valence-corrected chi connectivity index (χ1v) is 9.74. The summed E-state index contributed by atoms with van der Waals surface area (Å²) in [6.07, 6.45) is 18.0. The van der Waals surface area contributed by atoms with Crippen molar-refractivity contribution in [1.29, 1.82) is 0 Å². The zero-order valence-corrected chi connectivity index (χ0v) is 16.4. The molecule has 146 valence electrons. The normalized spacial score (nSPS) is 13.4. The van der Waals surface area contributed by atoms with E-state index in [0.29, 0.717) is 0 Å². The van der Waals surface area contributed by atoms with Gasteiger partial charge in [0, 0.05) is 43.0 Å². The molecule has 0 aromatic carbocycles. The largest absolute Gasteiger partial charge is 0.357 e. The van der Waals surface area contributed by atoms with Crippen molar-refractivity contribution in [2.24, 2.45) is 0 Å². The van der Waals surface area contributed by atoms with Crippen molar-refractivity contribution in [2.45, 2.75) is 26.3 Å². The molecule has 29 heavy (non-hydrogen) atoms. The van der Waals surface area contributed by atoms with Crippen LogP contribution in [0.3, 0.4) is 0 Å². The lowest BCUT2D eigenvalue weighted by molar-refractivity contribution is 0.660. The Bertz CT molecular complexity index is 1130. The van der Waals surface area contributed by atoms with Crippen LogP contribution in [0.15, 0.2) is 49.1 Å². The highest BCUT2D eigenvalue weighted by atomic mass is 15.3. The van der Waals surface area contributed by atoms with E-state index in [1.807, 2.05) is 40.2 Å². The maximum Gasteiger partial charge on any atom is 0.156 e. The van der Waals surface area contributed by atoms with Gasteiger partial charge in [-0.3, -0.25) is 9.67 Å². The number of hydrogen-bond acceptors (Lipinski definition) is 5. The van der Waals surface area contributed by atoms with E-state index in [1.165, 1.54) is 12.8 Å². The Balaban J connectivity index is 0.000000994. The van der Waals surface area contributed by atoms with E-state index in [-0.39, 0.29) is 0 Å². The second kappa shape index (κ2) is 8.15. The van der Waals surface area contributed by atoms with Crippen LogP contribution in [0.5, 0.6) is 0 Å². The molecule has 0 atom stereocenters. The molecular formula is C22H23N7. The molecule has 4 aromatic rings. The Morgan fingerprint density at radius 1 is 1.00 bits per heavy atom. The Hall–Kier alpha value is -3.66. The van der Waals surface area contributed by atoms with Crippen molar-refractivity contribution in [3.05, 3.63) is 49.1 Å². The summed E-state index contributed by atoms with van der Waals surface area (Å²) in [5.41, 5.74) is 2.89. The predicted octanol–water partition coefficient (Wildman–Crippen LogP) is 3.55. The molecule has 7 nitrogen and oxygen atoms in total. The first kappa shape index (κ1) is 18.7. The van der Waals surface area contributed by atoms with Crippen LogP contribution in [-0.4, -0.2) is 42.6 Å². The van der Waals surface area contributed by atoms with E-state index in [4.69, 9.17) is 4.98 Å². The third-order valence-corrected chi connectivity index (χ3v) is 5.07. The van der Waals surface area contributed by atoms with Crippen molar-refractivity contribution >= 4 is 16.7 Å². The zero-order chi connectivity index (χ0) is 20.2. The summed E-state index contributed by atoms with van der Waals surface area (Å²) in [7, 11) is 0. The van der Waals surface area contributed by atoms with Crippen LogP contribution in [0, 0.1) is 12.8 Å². The van der Waals surface area contributed by atoms with Crippen LogP contribution >= 0.6 is 0 Å². The Kier molecular flexibility index (Phi) is 5.25. The third kappa shape index (κ3) is 3.57. The second-order valence-electron chi connectivity index (χ2n) is 6.82. The molecule has 0 aliphatic carbocycles. The highest BCUT2D eigenvalue weighted by molar-refractivity contribution is 5.83. The monoisotopic (exact) mass is 385 g/mol. The van der Waals surface area contributed by atoms with Gasteiger partial charge in [0.15, 0.2) is 5.82 Å². The molecule has 4 aromatic heterocycles. The minimum atomic E-state index is 0.829. The number of rotatable bonds is 4. The lowest BCUT2D eigenvalue weighted by atomic mass is 10.2. The topological polar surface area (TPSA) is 64.7 Å². The highest BCUT2D eigenvalue weighted by Crippen LogP contribution is 2.25. The summed E-state index contributed by atoms with van der Waals surface area (Å²) in [4.78, 5) is 11.8. The first-order chi connectivity index (χ1) is 14.3. The van der Waals surface area contributed by atoms with Gasteiger partial charge in [0.05, 0.1) is 23.6 Å². The van der Waals surface area contributed by atoms with Crippen LogP contribution in [0.2, 0.25) is 0 Å². The number of nitrogens with zero attached hydrogens (tertiary/aromatic N) is 7. The van der Waals surface area contributed by atoms with Crippen LogP contribution < -0.4 is 4.90 Å². The van der Waals surface area contributed by atoms with E-state index in [2.05, 4.69) is 58.1 Å². The molecule has 1 aliphatic rings. The molecule has 0 saturated carbocycles. The number of fused-ring (bicyclic) bond motifs is 1. The van der Waals surface area contributed by atoms with Crippen molar-refractivity contribution in [3.63, 3.8) is 0 Å². The van der Waals surface area contributed by atoms with Crippen LogP contribution in [0.1, 0.15) is 19.8 Å². The van der Waals surface area contributed by atoms with Crippen molar-refractivity contribution in [3.8, 4) is 29.9 Å². The molecule has 0 radical (unpaired) electrons. The molecule has 0 spiro atoms. The number of aryl methyl sites for hydroxylation is 1. The van der Waals surface area contributed by atoms with Gasteiger partial charge in [-0.05, 0) is 38.0 Å². The predicted molar refractivity (Wildman–Crippen MR) is 115 cm³/mol. The molecule has 0 unspecified atom stereocenters. The number of anilines is 1. The minimum absolute atomic E-state index is 0.829. The van der Waals surface area contributed by atoms with Gasteiger partial charge in [-0.25, -0.2) is 9.67 Å². The molecule has 1 saturated heterocycles. The van der Waals surface area contributed by atoms with Crippen LogP contribution in [-0.2, 0) is 6.54 Å². The molecule has 0 bridgehead atoms. The fourth-order valence-corrected chi connectivity index (χ4v) is 3.58. The molecule has 1 aliphatic heterocycles. The highest BCUT2D eigenvalue weighted by Gasteiger charge is 2.15. The van der Waals surface area contributed by atoms with Crippen molar-refractivity contribution in [2.75, 3.05) is 18.0 Å². The van der Waals surface area contributed by atoms with Crippen LogP contribution in [0.4, 0.5) is 5.82 Å². The smallest absolute Gasteiger partial charge is 0.156 e. The molecule has 0 N–H and O–H groups in total. The van der Waals surface area contributed by atoms with Gasteiger partial charge in [-0.2, -0.15) is 10.2 Å². The van der Waals surface area contributed by atoms with Gasteiger partial charge < -0.3 is 4.90 Å². The van der Waals surface area contributed by atoms with Crippen molar-refractivity contribution in [1.82, 2.24) is 29.5 Å². The maximum atomic E-state index is 4.86. The third-order valence-electron chi connectivity index (χ3n) is 5.07. The summed E-state index contributed by atoms with van der Waals surface area (Å²) in [5.74, 6) is 1.85. The van der Waals surface area contributed by atoms with Gasteiger partial charge in [-0.1, -0.05) is 6.07 Å². The number of pyridine rings is 2. The summed E-state index contributed by atoms with van der Waals surface area (Å²) in [5, 5.41) is 9.91. The van der Waals surface area contributed by atoms with Crippen LogP contribution in [0.25, 0.3) is 28.0 Å². The number of aromatic nitrogens is 6. The summed E-state index contributed by atoms with van der Waals surface area (Å²) < 4.78 is 3.80. The van der Waals surface area contributed by atoms with Gasteiger partial charge in [0.25, 0.3) is 0 Å². The van der Waals surface area contributed by atoms with E-state index in [9.17, 15) is 0 Å². The molecular weight excluding hydrogens is 362 g/mol. The summed E-state index contributed by atoms with van der Waals surface area (Å²) in [6, 6.07) is 8.19. The minimum Gasteiger partial charge on any atom is -0.357 e. The maximum absolute atomic E-state index is 4.86. The molecule has 1 fully saturated rings. The van der Waals surface area contributed by atoms with E-state index >= 15 is 0 Å². The zero-order valence-electron chi connectivity index (χ0n) is 16.4. The average Bonchev–Trinajstić information content (AvgIpc) is 3.55. The second-order valence-corrected chi connectivity index (χ2v) is 6.82. The lowest BCUT2D eigenvalue weighted by Crippen LogP contribution is -2.19. The van der Waals surface area contributed by atoms with E-state index in [1.54, 1.807) is 0 Å². The van der Waals surface area contributed by atoms with Crippen molar-refractivity contribution < 1.29 is 0 Å². The fraction of sp³-hybridized carbons (Fsp3) is 0.273. The van der Waals surface area contributed by atoms with Gasteiger partial charge in [0.2, 0.25) is 0 Å². The summed E-state index contributed by atoms with van der Waals surface area (Å²) >= 11 is 0. The standard InChI is InChI=1S/C20H21N7.C2H2/c1-2-26-14-16(13-22-26)17-10-18-15(11-21-17)12-23-27(18)20-7-5-6-19(24-20)25-8-3-4-9-25;1-2/h5-7,10-14H,2-4,8-9H2,1H3;1-2H.